The van der Waals surface area contributed by atoms with Gasteiger partial charge in [-0.15, -0.1) is 0 Å². The van der Waals surface area contributed by atoms with Crippen LogP contribution < -0.4 is 5.69 Å². The minimum absolute atomic E-state index is 0.0788. The quantitative estimate of drug-likeness (QED) is 0.634. The van der Waals surface area contributed by atoms with Gasteiger partial charge in [-0.25, -0.2) is 4.79 Å². The fourth-order valence-electron chi connectivity index (χ4n) is 1.97. The van der Waals surface area contributed by atoms with Crippen LogP contribution in [-0.2, 0) is 6.54 Å². The van der Waals surface area contributed by atoms with Crippen molar-refractivity contribution >= 4 is 5.69 Å². The average molecular weight is 277 g/mol. The van der Waals surface area contributed by atoms with E-state index in [9.17, 15) is 19.3 Å². The Balaban J connectivity index is 2.49. The minimum atomic E-state index is -0.927. The van der Waals surface area contributed by atoms with Gasteiger partial charge in [-0.3, -0.25) is 14.7 Å². The zero-order valence-corrected chi connectivity index (χ0v) is 11.0. The summed E-state index contributed by atoms with van der Waals surface area (Å²) in [5, 5.41) is 10.7. The molecule has 0 aliphatic rings. The second-order valence-corrected chi connectivity index (χ2v) is 4.41. The van der Waals surface area contributed by atoms with Crippen LogP contribution in [0.25, 0.3) is 0 Å². The van der Waals surface area contributed by atoms with Gasteiger partial charge < -0.3 is 0 Å². The molecule has 1 aromatic carbocycles. The fourth-order valence-corrected chi connectivity index (χ4v) is 1.97. The molecule has 0 radical (unpaired) electrons. The summed E-state index contributed by atoms with van der Waals surface area (Å²) in [7, 11) is 0. The molecule has 0 atom stereocenters. The molecule has 0 bridgehead atoms. The lowest BCUT2D eigenvalue weighted by Crippen LogP contribution is -2.26. The van der Waals surface area contributed by atoms with Crippen molar-refractivity contribution in [3.63, 3.8) is 0 Å². The number of nitro groups is 1. The lowest BCUT2D eigenvalue weighted by atomic mass is 10.1. The van der Waals surface area contributed by atoms with E-state index in [0.29, 0.717) is 11.4 Å². The van der Waals surface area contributed by atoms with Crippen molar-refractivity contribution in [1.29, 1.82) is 0 Å². The second-order valence-electron chi connectivity index (χ2n) is 4.41. The predicted molar refractivity (Wildman–Crippen MR) is 70.1 cm³/mol. The van der Waals surface area contributed by atoms with Gasteiger partial charge >= 0.3 is 11.4 Å². The van der Waals surface area contributed by atoms with E-state index >= 15 is 0 Å². The van der Waals surface area contributed by atoms with Crippen molar-refractivity contribution < 1.29 is 9.31 Å². The van der Waals surface area contributed by atoms with E-state index in [1.54, 1.807) is 19.9 Å². The van der Waals surface area contributed by atoms with Gasteiger partial charge in [0.2, 0.25) is 5.82 Å². The SMILES string of the molecule is Cc1cc(C)n(Cc2cccc([N+](=O)[O-])c2F)c(=O)n1. The van der Waals surface area contributed by atoms with Crippen LogP contribution in [0.15, 0.2) is 29.1 Å². The minimum Gasteiger partial charge on any atom is -0.292 e. The summed E-state index contributed by atoms with van der Waals surface area (Å²) in [4.78, 5) is 25.5. The number of halogens is 1. The molecule has 2 aromatic rings. The molecular weight excluding hydrogens is 265 g/mol. The van der Waals surface area contributed by atoms with Crippen molar-refractivity contribution in [2.45, 2.75) is 20.4 Å². The molecule has 6 nitrogen and oxygen atoms in total. The summed E-state index contributed by atoms with van der Waals surface area (Å²) in [6.45, 7) is 3.30. The molecule has 1 aromatic heterocycles. The van der Waals surface area contributed by atoms with Gasteiger partial charge in [0.15, 0.2) is 0 Å². The maximum Gasteiger partial charge on any atom is 0.348 e. The molecule has 0 saturated carbocycles. The summed E-state index contributed by atoms with van der Waals surface area (Å²) in [5.41, 5.74) is 0.161. The molecule has 2 rings (SSSR count). The van der Waals surface area contributed by atoms with E-state index < -0.39 is 22.1 Å². The van der Waals surface area contributed by atoms with Crippen LogP contribution in [0.4, 0.5) is 10.1 Å². The molecule has 0 aliphatic heterocycles. The van der Waals surface area contributed by atoms with Crippen molar-refractivity contribution in [1.82, 2.24) is 9.55 Å². The lowest BCUT2D eigenvalue weighted by Gasteiger charge is -2.10. The monoisotopic (exact) mass is 277 g/mol. The van der Waals surface area contributed by atoms with E-state index in [0.717, 1.165) is 6.07 Å². The molecule has 0 fully saturated rings. The Morgan fingerprint density at radius 3 is 2.70 bits per heavy atom. The van der Waals surface area contributed by atoms with Crippen LogP contribution in [0.2, 0.25) is 0 Å². The van der Waals surface area contributed by atoms with Crippen molar-refractivity contribution in [2.24, 2.45) is 0 Å². The van der Waals surface area contributed by atoms with Crippen molar-refractivity contribution in [3.8, 4) is 0 Å². The lowest BCUT2D eigenvalue weighted by molar-refractivity contribution is -0.387. The molecular formula is C13H12FN3O3. The zero-order valence-electron chi connectivity index (χ0n) is 11.0. The number of aromatic nitrogens is 2. The van der Waals surface area contributed by atoms with E-state index in [4.69, 9.17) is 0 Å². The standard InChI is InChI=1S/C13H12FN3O3/c1-8-6-9(2)16(13(18)15-8)7-10-4-3-5-11(12(10)14)17(19)20/h3-6H,7H2,1-2H3. The maximum absolute atomic E-state index is 14.0. The molecule has 104 valence electrons. The summed E-state index contributed by atoms with van der Waals surface area (Å²) in [6, 6.07) is 5.57. The van der Waals surface area contributed by atoms with Crippen LogP contribution in [0.3, 0.4) is 0 Å². The van der Waals surface area contributed by atoms with Crippen LogP contribution in [-0.4, -0.2) is 14.5 Å². The number of benzene rings is 1. The first-order chi connectivity index (χ1) is 9.40. The smallest absolute Gasteiger partial charge is 0.292 e. The van der Waals surface area contributed by atoms with Crippen LogP contribution in [0, 0.1) is 29.8 Å². The first-order valence-electron chi connectivity index (χ1n) is 5.87. The Kier molecular flexibility index (Phi) is 3.60. The molecule has 0 spiro atoms. The number of nitrogens with zero attached hydrogens (tertiary/aromatic N) is 3. The number of aryl methyl sites for hydroxylation is 2. The molecule has 0 saturated heterocycles. The molecule has 7 heteroatoms. The highest BCUT2D eigenvalue weighted by molar-refractivity contribution is 5.37. The molecule has 1 heterocycles. The van der Waals surface area contributed by atoms with E-state index in [1.165, 1.54) is 16.7 Å². The normalized spacial score (nSPS) is 10.6. The summed E-state index contributed by atoms with van der Waals surface area (Å²) in [5.74, 6) is -0.927. The van der Waals surface area contributed by atoms with E-state index in [1.807, 2.05) is 0 Å². The van der Waals surface area contributed by atoms with Gasteiger partial charge in [0.05, 0.1) is 11.5 Å². The van der Waals surface area contributed by atoms with E-state index in [-0.39, 0.29) is 12.1 Å². The van der Waals surface area contributed by atoms with Gasteiger partial charge in [0.25, 0.3) is 0 Å². The third-order valence-corrected chi connectivity index (χ3v) is 2.93. The Morgan fingerprint density at radius 2 is 2.10 bits per heavy atom. The third-order valence-electron chi connectivity index (χ3n) is 2.93. The summed E-state index contributed by atoms with van der Waals surface area (Å²) < 4.78 is 15.2. The van der Waals surface area contributed by atoms with Crippen molar-refractivity contribution in [3.05, 3.63) is 67.6 Å². The molecule has 0 amide bonds. The third kappa shape index (κ3) is 2.56. The van der Waals surface area contributed by atoms with Crippen molar-refractivity contribution in [2.75, 3.05) is 0 Å². The van der Waals surface area contributed by atoms with Gasteiger partial charge in [0, 0.05) is 23.0 Å². The van der Waals surface area contributed by atoms with Gasteiger partial charge in [-0.05, 0) is 19.9 Å². The maximum atomic E-state index is 14.0. The topological polar surface area (TPSA) is 78.0 Å². The Morgan fingerprint density at radius 1 is 1.40 bits per heavy atom. The Bertz CT molecular complexity index is 740. The van der Waals surface area contributed by atoms with Gasteiger partial charge in [-0.2, -0.15) is 9.37 Å². The largest absolute Gasteiger partial charge is 0.348 e. The summed E-state index contributed by atoms with van der Waals surface area (Å²) in [6.07, 6.45) is 0. The molecule has 20 heavy (non-hydrogen) atoms. The van der Waals surface area contributed by atoms with Crippen LogP contribution >= 0.6 is 0 Å². The first-order valence-corrected chi connectivity index (χ1v) is 5.87. The Hall–Kier alpha value is -2.57. The van der Waals surface area contributed by atoms with Crippen LogP contribution in [0.5, 0.6) is 0 Å². The summed E-state index contributed by atoms with van der Waals surface area (Å²) >= 11 is 0. The Labute approximate surface area is 113 Å². The molecule has 0 N–H and O–H groups in total. The van der Waals surface area contributed by atoms with Gasteiger partial charge in [0.1, 0.15) is 0 Å². The molecule has 0 aliphatic carbocycles. The predicted octanol–water partition coefficient (Wildman–Crippen LogP) is 1.96. The van der Waals surface area contributed by atoms with E-state index in [2.05, 4.69) is 4.98 Å². The second kappa shape index (κ2) is 5.20. The van der Waals surface area contributed by atoms with Gasteiger partial charge in [-0.1, -0.05) is 12.1 Å². The highest BCUT2D eigenvalue weighted by atomic mass is 19.1. The number of rotatable bonds is 3. The number of hydrogen-bond acceptors (Lipinski definition) is 4. The highest BCUT2D eigenvalue weighted by Crippen LogP contribution is 2.20. The number of hydrogen-bond donors (Lipinski definition) is 0. The first kappa shape index (κ1) is 13.9. The van der Waals surface area contributed by atoms with Crippen LogP contribution in [0.1, 0.15) is 17.0 Å². The number of nitro benzene ring substituents is 1. The fraction of sp³-hybridized carbons (Fsp3) is 0.231. The average Bonchev–Trinajstić information content (AvgIpc) is 2.35. The zero-order chi connectivity index (χ0) is 14.9. The molecule has 0 unspecified atom stereocenters. The highest BCUT2D eigenvalue weighted by Gasteiger charge is 2.18.